The van der Waals surface area contributed by atoms with Crippen molar-refractivity contribution in [3.8, 4) is 0 Å². The second-order valence-electron chi connectivity index (χ2n) is 4.88. The molecular weight excluding hydrogens is 303 g/mol. The van der Waals surface area contributed by atoms with Gasteiger partial charge in [-0.05, 0) is 31.2 Å². The molecule has 0 unspecified atom stereocenters. The molecule has 22 heavy (non-hydrogen) atoms. The van der Waals surface area contributed by atoms with Gasteiger partial charge in [-0.2, -0.15) is 0 Å². The molecule has 0 aliphatic rings. The summed E-state index contributed by atoms with van der Waals surface area (Å²) >= 11 is 5.73. The zero-order chi connectivity index (χ0) is 15.7. The largest absolute Gasteiger partial charge is 0.319 e. The van der Waals surface area contributed by atoms with Crippen molar-refractivity contribution in [3.05, 3.63) is 70.6 Å². The molecule has 1 aromatic heterocycles. The highest BCUT2D eigenvalue weighted by Crippen LogP contribution is 2.24. The molecule has 3 rings (SSSR count). The first kappa shape index (κ1) is 14.5. The number of halogens is 2. The average molecular weight is 315 g/mol. The van der Waals surface area contributed by atoms with E-state index in [1.165, 1.54) is 12.1 Å². The Morgan fingerprint density at radius 1 is 1.18 bits per heavy atom. The van der Waals surface area contributed by atoms with E-state index in [1.54, 1.807) is 12.1 Å². The normalized spacial score (nSPS) is 10.7. The summed E-state index contributed by atoms with van der Waals surface area (Å²) < 4.78 is 13.9. The summed E-state index contributed by atoms with van der Waals surface area (Å²) in [5, 5.41) is 3.24. The molecule has 1 N–H and O–H groups in total. The summed E-state index contributed by atoms with van der Waals surface area (Å²) in [5.41, 5.74) is 1.94. The number of anilines is 1. The van der Waals surface area contributed by atoms with Crippen LogP contribution >= 0.6 is 11.6 Å². The minimum atomic E-state index is -0.646. The van der Waals surface area contributed by atoms with E-state index < -0.39 is 11.7 Å². The fourth-order valence-electron chi connectivity index (χ4n) is 2.29. The average Bonchev–Trinajstić information content (AvgIpc) is 2.51. The summed E-state index contributed by atoms with van der Waals surface area (Å²) in [7, 11) is 0. The van der Waals surface area contributed by atoms with Gasteiger partial charge in [0.05, 0.1) is 21.8 Å². The van der Waals surface area contributed by atoms with Gasteiger partial charge in [-0.25, -0.2) is 4.39 Å². The molecule has 3 nitrogen and oxygen atoms in total. The van der Waals surface area contributed by atoms with Gasteiger partial charge in [-0.1, -0.05) is 35.9 Å². The number of nitrogens with zero attached hydrogens (tertiary/aromatic N) is 1. The van der Waals surface area contributed by atoms with Gasteiger partial charge in [-0.3, -0.25) is 9.78 Å². The maximum absolute atomic E-state index is 13.9. The molecule has 0 bridgehead atoms. The lowest BCUT2D eigenvalue weighted by Gasteiger charge is -2.10. The van der Waals surface area contributed by atoms with Crippen molar-refractivity contribution < 1.29 is 9.18 Å². The van der Waals surface area contributed by atoms with Crippen molar-refractivity contribution in [2.24, 2.45) is 0 Å². The van der Waals surface area contributed by atoms with Crippen molar-refractivity contribution in [3.63, 3.8) is 0 Å². The predicted octanol–water partition coefficient (Wildman–Crippen LogP) is 4.59. The lowest BCUT2D eigenvalue weighted by Crippen LogP contribution is -2.14. The maximum atomic E-state index is 13.9. The van der Waals surface area contributed by atoms with Gasteiger partial charge >= 0.3 is 0 Å². The standard InChI is InChI=1S/C17H12ClFN2O/c1-10-9-12(11-5-2-3-7-14(11)20-10)17(22)21-15-8-4-6-13(18)16(15)19/h2-9H,1H3,(H,21,22). The van der Waals surface area contributed by atoms with E-state index in [4.69, 9.17) is 11.6 Å². The number of hydrogen-bond donors (Lipinski definition) is 1. The van der Waals surface area contributed by atoms with E-state index in [0.717, 1.165) is 11.2 Å². The van der Waals surface area contributed by atoms with Gasteiger partial charge in [0.25, 0.3) is 5.91 Å². The van der Waals surface area contributed by atoms with Gasteiger partial charge in [0.1, 0.15) is 0 Å². The molecule has 0 saturated carbocycles. The zero-order valence-corrected chi connectivity index (χ0v) is 12.5. The van der Waals surface area contributed by atoms with Gasteiger partial charge in [0.2, 0.25) is 0 Å². The van der Waals surface area contributed by atoms with Crippen LogP contribution in [0.4, 0.5) is 10.1 Å². The second kappa shape index (κ2) is 5.73. The fourth-order valence-corrected chi connectivity index (χ4v) is 2.46. The Morgan fingerprint density at radius 2 is 1.95 bits per heavy atom. The number of fused-ring (bicyclic) bond motifs is 1. The monoisotopic (exact) mass is 314 g/mol. The molecule has 1 amide bonds. The van der Waals surface area contributed by atoms with Gasteiger partial charge in [-0.15, -0.1) is 0 Å². The first-order valence-corrected chi connectivity index (χ1v) is 7.06. The highest BCUT2D eigenvalue weighted by Gasteiger charge is 2.14. The Hall–Kier alpha value is -2.46. The topological polar surface area (TPSA) is 42.0 Å². The van der Waals surface area contributed by atoms with Crippen LogP contribution in [0.3, 0.4) is 0 Å². The lowest BCUT2D eigenvalue weighted by molar-refractivity contribution is 0.102. The summed E-state index contributed by atoms with van der Waals surface area (Å²) in [6.45, 7) is 1.81. The molecule has 0 radical (unpaired) electrons. The number of rotatable bonds is 2. The smallest absolute Gasteiger partial charge is 0.256 e. The number of para-hydroxylation sites is 1. The van der Waals surface area contributed by atoms with Crippen LogP contribution in [0.2, 0.25) is 5.02 Å². The highest BCUT2D eigenvalue weighted by atomic mass is 35.5. The Morgan fingerprint density at radius 3 is 2.77 bits per heavy atom. The number of aromatic nitrogens is 1. The summed E-state index contributed by atoms with van der Waals surface area (Å²) in [5.74, 6) is -1.05. The van der Waals surface area contributed by atoms with Crippen LogP contribution in [-0.2, 0) is 0 Å². The molecule has 3 aromatic rings. The number of pyridine rings is 1. The number of carbonyl (C=O) groups excluding carboxylic acids is 1. The molecule has 0 atom stereocenters. The number of nitrogens with one attached hydrogen (secondary N) is 1. The van der Waals surface area contributed by atoms with Crippen LogP contribution in [0.15, 0.2) is 48.5 Å². The van der Waals surface area contributed by atoms with E-state index in [2.05, 4.69) is 10.3 Å². The Labute approximate surface area is 131 Å². The number of amides is 1. The summed E-state index contributed by atoms with van der Waals surface area (Å²) in [6, 6.07) is 13.5. The highest BCUT2D eigenvalue weighted by molar-refractivity contribution is 6.31. The molecular formula is C17H12ClFN2O. The van der Waals surface area contributed by atoms with Crippen LogP contribution in [0.1, 0.15) is 16.1 Å². The van der Waals surface area contributed by atoms with E-state index >= 15 is 0 Å². The quantitative estimate of drug-likeness (QED) is 0.751. The van der Waals surface area contributed by atoms with Crippen LogP contribution in [-0.4, -0.2) is 10.9 Å². The Bertz CT molecular complexity index is 880. The number of aryl methyl sites for hydroxylation is 1. The molecule has 0 saturated heterocycles. The minimum absolute atomic E-state index is 0.0337. The molecule has 0 aliphatic carbocycles. The summed E-state index contributed by atoms with van der Waals surface area (Å²) in [4.78, 5) is 16.9. The van der Waals surface area contributed by atoms with Crippen LogP contribution in [0.5, 0.6) is 0 Å². The van der Waals surface area contributed by atoms with E-state index in [-0.39, 0.29) is 10.7 Å². The predicted molar refractivity (Wildman–Crippen MR) is 85.8 cm³/mol. The third kappa shape index (κ3) is 2.65. The van der Waals surface area contributed by atoms with Gasteiger partial charge < -0.3 is 5.32 Å². The molecule has 0 spiro atoms. The van der Waals surface area contributed by atoms with Gasteiger partial charge in [0, 0.05) is 11.1 Å². The van der Waals surface area contributed by atoms with Crippen molar-refractivity contribution >= 4 is 34.1 Å². The third-order valence-corrected chi connectivity index (χ3v) is 3.58. The molecule has 2 aromatic carbocycles. The first-order chi connectivity index (χ1) is 10.6. The third-order valence-electron chi connectivity index (χ3n) is 3.29. The van der Waals surface area contributed by atoms with Crippen LogP contribution < -0.4 is 5.32 Å². The molecule has 0 aliphatic heterocycles. The van der Waals surface area contributed by atoms with E-state index in [0.29, 0.717) is 10.9 Å². The molecule has 1 heterocycles. The molecule has 5 heteroatoms. The molecule has 0 fully saturated rings. The van der Waals surface area contributed by atoms with E-state index in [1.807, 2.05) is 31.2 Å². The fraction of sp³-hybridized carbons (Fsp3) is 0.0588. The summed E-state index contributed by atoms with van der Waals surface area (Å²) in [6.07, 6.45) is 0. The van der Waals surface area contributed by atoms with Crippen LogP contribution in [0.25, 0.3) is 10.9 Å². The Kier molecular flexibility index (Phi) is 3.77. The first-order valence-electron chi connectivity index (χ1n) is 6.68. The SMILES string of the molecule is Cc1cc(C(=O)Nc2cccc(Cl)c2F)c2ccccc2n1. The molecule has 110 valence electrons. The van der Waals surface area contributed by atoms with Crippen molar-refractivity contribution in [1.29, 1.82) is 0 Å². The zero-order valence-electron chi connectivity index (χ0n) is 11.7. The van der Waals surface area contributed by atoms with E-state index in [9.17, 15) is 9.18 Å². The lowest BCUT2D eigenvalue weighted by atomic mass is 10.1. The number of benzene rings is 2. The van der Waals surface area contributed by atoms with Crippen molar-refractivity contribution in [1.82, 2.24) is 4.98 Å². The van der Waals surface area contributed by atoms with Crippen molar-refractivity contribution in [2.45, 2.75) is 6.92 Å². The minimum Gasteiger partial charge on any atom is -0.319 e. The number of carbonyl (C=O) groups is 1. The second-order valence-corrected chi connectivity index (χ2v) is 5.29. The van der Waals surface area contributed by atoms with Gasteiger partial charge in [0.15, 0.2) is 5.82 Å². The van der Waals surface area contributed by atoms with Crippen LogP contribution in [0, 0.1) is 12.7 Å². The number of hydrogen-bond acceptors (Lipinski definition) is 2. The maximum Gasteiger partial charge on any atom is 0.256 e. The van der Waals surface area contributed by atoms with Crippen molar-refractivity contribution in [2.75, 3.05) is 5.32 Å². The Balaban J connectivity index is 2.04.